The van der Waals surface area contributed by atoms with Crippen LogP contribution in [0, 0.1) is 0 Å². The van der Waals surface area contributed by atoms with Crippen molar-refractivity contribution < 1.29 is 19.1 Å². The average molecular weight is 236 g/mol. The zero-order chi connectivity index (χ0) is 12.3. The van der Waals surface area contributed by atoms with Crippen LogP contribution in [-0.2, 0) is 25.7 Å². The molecule has 2 heterocycles. The second kappa shape index (κ2) is 4.56. The first-order valence-electron chi connectivity index (χ1n) is 4.62. The van der Waals surface area contributed by atoms with Gasteiger partial charge in [0.25, 0.3) is 5.88 Å². The summed E-state index contributed by atoms with van der Waals surface area (Å²) in [6.45, 7) is 0.0993. The van der Waals surface area contributed by atoms with Gasteiger partial charge in [0, 0.05) is 6.20 Å². The number of hydrogen-bond donors (Lipinski definition) is 1. The molecule has 17 heavy (non-hydrogen) atoms. The van der Waals surface area contributed by atoms with E-state index in [9.17, 15) is 9.59 Å². The molecule has 0 aromatic carbocycles. The third-order valence-corrected chi connectivity index (χ3v) is 1.97. The lowest BCUT2D eigenvalue weighted by atomic mass is 10.3. The Morgan fingerprint density at radius 2 is 2.29 bits per heavy atom. The van der Waals surface area contributed by atoms with Gasteiger partial charge < -0.3 is 9.47 Å². The van der Waals surface area contributed by atoms with Gasteiger partial charge in [0.05, 0.1) is 12.8 Å². The van der Waals surface area contributed by atoms with Crippen molar-refractivity contribution in [2.45, 2.75) is 6.61 Å². The van der Waals surface area contributed by atoms with Crippen molar-refractivity contribution in [1.82, 2.24) is 10.2 Å². The smallest absolute Gasteiger partial charge is 0.349 e. The molecule has 8 heteroatoms. The maximum Gasteiger partial charge on any atom is 0.349 e. The Morgan fingerprint density at radius 3 is 2.94 bits per heavy atom. The van der Waals surface area contributed by atoms with Gasteiger partial charge in [-0.3, -0.25) is 9.89 Å². The van der Waals surface area contributed by atoms with E-state index in [0.717, 1.165) is 7.11 Å². The first kappa shape index (κ1) is 11.0. The van der Waals surface area contributed by atoms with Gasteiger partial charge in [-0.25, -0.2) is 4.79 Å². The Hall–Kier alpha value is -2.51. The zero-order valence-corrected chi connectivity index (χ0v) is 8.84. The standard InChI is InChI=1S/C9H8N4O4/c1-16-9(15)6-7(14)12-13-8(6)17-4-5-2-3-10-11-5/h2-3H,4H2,1H3,(H,10,11). The van der Waals surface area contributed by atoms with Gasteiger partial charge in [-0.05, 0) is 6.07 Å². The van der Waals surface area contributed by atoms with E-state index in [0.29, 0.717) is 5.69 Å². The van der Waals surface area contributed by atoms with Crippen LogP contribution in [0.2, 0.25) is 0 Å². The zero-order valence-electron chi connectivity index (χ0n) is 8.84. The summed E-state index contributed by atoms with van der Waals surface area (Å²) in [6.07, 6.45) is 1.55. The number of amides is 1. The van der Waals surface area contributed by atoms with Crippen molar-refractivity contribution >= 4 is 11.9 Å². The first-order chi connectivity index (χ1) is 8.22. The van der Waals surface area contributed by atoms with E-state index in [1.807, 2.05) is 0 Å². The molecule has 0 spiro atoms. The Bertz CT molecular complexity index is 503. The second-order valence-corrected chi connectivity index (χ2v) is 3.05. The molecular formula is C9H8N4O4. The molecule has 0 atom stereocenters. The van der Waals surface area contributed by atoms with Crippen molar-refractivity contribution in [3.63, 3.8) is 0 Å². The van der Waals surface area contributed by atoms with Crippen molar-refractivity contribution in [1.29, 1.82) is 0 Å². The number of esters is 1. The van der Waals surface area contributed by atoms with Crippen molar-refractivity contribution in [3.05, 3.63) is 29.4 Å². The highest BCUT2D eigenvalue weighted by Gasteiger charge is 2.30. The molecule has 1 aromatic rings. The number of nitrogens with zero attached hydrogens (tertiary/aromatic N) is 3. The van der Waals surface area contributed by atoms with Crippen LogP contribution < -0.4 is 0 Å². The van der Waals surface area contributed by atoms with E-state index in [4.69, 9.17) is 4.74 Å². The highest BCUT2D eigenvalue weighted by Crippen LogP contribution is 2.20. The van der Waals surface area contributed by atoms with Gasteiger partial charge in [-0.15, -0.1) is 10.2 Å². The van der Waals surface area contributed by atoms with Crippen molar-refractivity contribution in [3.8, 4) is 0 Å². The van der Waals surface area contributed by atoms with Crippen LogP contribution in [0.3, 0.4) is 0 Å². The Kier molecular flexibility index (Phi) is 2.95. The minimum absolute atomic E-state index is 0.0993. The summed E-state index contributed by atoms with van der Waals surface area (Å²) in [5, 5.41) is 13.1. The lowest BCUT2D eigenvalue weighted by Crippen LogP contribution is -2.12. The van der Waals surface area contributed by atoms with Crippen LogP contribution in [0.15, 0.2) is 33.9 Å². The maximum absolute atomic E-state index is 11.3. The number of methoxy groups -OCH3 is 1. The molecule has 0 radical (unpaired) electrons. The molecule has 1 aliphatic rings. The molecule has 0 saturated heterocycles. The molecule has 88 valence electrons. The maximum atomic E-state index is 11.3. The minimum Gasteiger partial charge on any atom is -0.469 e. The molecular weight excluding hydrogens is 228 g/mol. The number of hydrogen-bond acceptors (Lipinski definition) is 6. The van der Waals surface area contributed by atoms with E-state index in [-0.39, 0.29) is 18.1 Å². The number of nitrogens with one attached hydrogen (secondary N) is 1. The Morgan fingerprint density at radius 1 is 1.47 bits per heavy atom. The third-order valence-electron chi connectivity index (χ3n) is 1.97. The lowest BCUT2D eigenvalue weighted by molar-refractivity contribution is -0.137. The summed E-state index contributed by atoms with van der Waals surface area (Å²) >= 11 is 0. The number of carbonyl (C=O) groups excluding carboxylic acids is 2. The van der Waals surface area contributed by atoms with Gasteiger partial charge in [-0.1, -0.05) is 0 Å². The van der Waals surface area contributed by atoms with Crippen LogP contribution in [0.4, 0.5) is 0 Å². The van der Waals surface area contributed by atoms with E-state index < -0.39 is 11.9 Å². The molecule has 1 aliphatic heterocycles. The lowest BCUT2D eigenvalue weighted by Gasteiger charge is -2.03. The number of aromatic nitrogens is 2. The van der Waals surface area contributed by atoms with Gasteiger partial charge in [0.1, 0.15) is 6.61 Å². The predicted octanol–water partition coefficient (Wildman–Crippen LogP) is 0.303. The van der Waals surface area contributed by atoms with Crippen LogP contribution in [0.1, 0.15) is 5.69 Å². The summed E-state index contributed by atoms with van der Waals surface area (Å²) in [4.78, 5) is 22.5. The van der Waals surface area contributed by atoms with Gasteiger partial charge in [0.2, 0.25) is 0 Å². The van der Waals surface area contributed by atoms with Crippen LogP contribution >= 0.6 is 0 Å². The Labute approximate surface area is 95.3 Å². The summed E-state index contributed by atoms with van der Waals surface area (Å²) in [5.41, 5.74) is 0.378. The predicted molar refractivity (Wildman–Crippen MR) is 52.3 cm³/mol. The number of aromatic amines is 1. The molecule has 0 aliphatic carbocycles. The summed E-state index contributed by atoms with van der Waals surface area (Å²) in [6, 6.07) is 1.69. The van der Waals surface area contributed by atoms with E-state index in [1.165, 1.54) is 0 Å². The molecule has 2 rings (SSSR count). The summed E-state index contributed by atoms with van der Waals surface area (Å²) < 4.78 is 9.61. The second-order valence-electron chi connectivity index (χ2n) is 3.05. The van der Waals surface area contributed by atoms with E-state index in [2.05, 4.69) is 25.2 Å². The third kappa shape index (κ3) is 2.19. The van der Waals surface area contributed by atoms with Crippen molar-refractivity contribution in [2.24, 2.45) is 10.2 Å². The molecule has 0 fully saturated rings. The number of rotatable bonds is 4. The summed E-state index contributed by atoms with van der Waals surface area (Å²) in [7, 11) is 1.16. The highest BCUT2D eigenvalue weighted by atomic mass is 16.5. The highest BCUT2D eigenvalue weighted by molar-refractivity contribution is 6.17. The molecule has 0 saturated carbocycles. The van der Waals surface area contributed by atoms with Crippen LogP contribution in [0.25, 0.3) is 0 Å². The number of ether oxygens (including phenoxy) is 2. The van der Waals surface area contributed by atoms with Gasteiger partial charge >= 0.3 is 11.9 Å². The number of H-pyrrole nitrogens is 1. The van der Waals surface area contributed by atoms with Crippen LogP contribution in [0.5, 0.6) is 0 Å². The molecule has 0 bridgehead atoms. The minimum atomic E-state index is -0.820. The quantitative estimate of drug-likeness (QED) is 0.597. The number of azo groups is 1. The fourth-order valence-electron chi connectivity index (χ4n) is 1.17. The van der Waals surface area contributed by atoms with Gasteiger partial charge in [-0.2, -0.15) is 5.10 Å². The molecule has 1 N–H and O–H groups in total. The van der Waals surface area contributed by atoms with Crippen LogP contribution in [-0.4, -0.2) is 29.2 Å². The van der Waals surface area contributed by atoms with E-state index in [1.54, 1.807) is 12.3 Å². The van der Waals surface area contributed by atoms with E-state index >= 15 is 0 Å². The van der Waals surface area contributed by atoms with Gasteiger partial charge in [0.15, 0.2) is 5.57 Å². The molecule has 1 aromatic heterocycles. The topological polar surface area (TPSA) is 106 Å². The molecule has 0 unspecified atom stereocenters. The normalized spacial score (nSPS) is 14.3. The SMILES string of the molecule is COC(=O)C1=C(OCc2ccn[nH]2)N=NC1=O. The molecule has 8 nitrogen and oxygen atoms in total. The average Bonchev–Trinajstić information content (AvgIpc) is 2.95. The fourth-order valence-corrected chi connectivity index (χ4v) is 1.17. The Balaban J connectivity index is 2.12. The fraction of sp³-hybridized carbons (Fsp3) is 0.222. The molecule has 1 amide bonds. The first-order valence-corrected chi connectivity index (χ1v) is 4.62. The largest absolute Gasteiger partial charge is 0.469 e. The monoisotopic (exact) mass is 236 g/mol. The number of carbonyl (C=O) groups is 2. The van der Waals surface area contributed by atoms with Crippen molar-refractivity contribution in [2.75, 3.05) is 7.11 Å². The summed E-state index contributed by atoms with van der Waals surface area (Å²) in [5.74, 6) is -1.73.